The molecule has 1 aromatic heterocycles. The second-order valence-corrected chi connectivity index (χ2v) is 6.64. The molecular weight excluding hydrogens is 362 g/mol. The lowest BCUT2D eigenvalue weighted by Gasteiger charge is -2.27. The van der Waals surface area contributed by atoms with Gasteiger partial charge >= 0.3 is 0 Å². The monoisotopic (exact) mass is 381 g/mol. The van der Waals surface area contributed by atoms with E-state index >= 15 is 0 Å². The molecule has 0 saturated heterocycles. The molecule has 0 bridgehead atoms. The van der Waals surface area contributed by atoms with E-state index in [0.717, 1.165) is 42.3 Å². The van der Waals surface area contributed by atoms with Crippen molar-refractivity contribution in [2.45, 2.75) is 6.42 Å². The molecule has 0 aliphatic carbocycles. The molecule has 1 N–H and O–H groups in total. The Morgan fingerprint density at radius 3 is 2.93 bits per heavy atom. The van der Waals surface area contributed by atoms with E-state index in [1.54, 1.807) is 13.2 Å². The van der Waals surface area contributed by atoms with Crippen LogP contribution in [0.3, 0.4) is 0 Å². The summed E-state index contributed by atoms with van der Waals surface area (Å²) in [5, 5.41) is 0.516. The van der Waals surface area contributed by atoms with Crippen molar-refractivity contribution in [3.05, 3.63) is 77.4 Å². The predicted octanol–water partition coefficient (Wildman–Crippen LogP) is 4.56. The average molecular weight is 382 g/mol. The van der Waals surface area contributed by atoms with Crippen LogP contribution in [0, 0.1) is 0 Å². The third-order valence-electron chi connectivity index (χ3n) is 4.42. The van der Waals surface area contributed by atoms with Crippen LogP contribution >= 0.6 is 11.6 Å². The molecule has 6 heteroatoms. The maximum atomic E-state index is 6.31. The lowest BCUT2D eigenvalue weighted by Crippen LogP contribution is -2.30. The van der Waals surface area contributed by atoms with Gasteiger partial charge in [-0.15, -0.1) is 0 Å². The highest BCUT2D eigenvalue weighted by Crippen LogP contribution is 2.31. The van der Waals surface area contributed by atoms with Gasteiger partial charge in [-0.2, -0.15) is 0 Å². The Hall–Kier alpha value is -2.92. The number of hydrogen-bond acceptors (Lipinski definition) is 4. The fraction of sp³-hybridized carbons (Fsp3) is 0.190. The minimum absolute atomic E-state index is 0.516. The fourth-order valence-corrected chi connectivity index (χ4v) is 3.21. The van der Waals surface area contributed by atoms with Crippen LogP contribution in [0.25, 0.3) is 11.0 Å². The van der Waals surface area contributed by atoms with Gasteiger partial charge in [0.1, 0.15) is 17.3 Å². The van der Waals surface area contributed by atoms with Crippen molar-refractivity contribution in [2.24, 2.45) is 0 Å². The average Bonchev–Trinajstić information content (AvgIpc) is 3.12. The summed E-state index contributed by atoms with van der Waals surface area (Å²) in [7, 11) is 1.61. The number of benzene rings is 2. The minimum atomic E-state index is 0.516. The standard InChI is InChI=1S/C21H20ClN3O2/c1-26-15-9-10-19(16(22)14-15)27-21-8-4-5-12-25(21)13-11-20-23-17-6-2-3-7-18(17)24-20/h2-10,14H,11-13H2,1H3,(H,23,24). The van der Waals surface area contributed by atoms with Crippen LogP contribution in [0.1, 0.15) is 5.82 Å². The number of aromatic nitrogens is 2. The molecule has 0 spiro atoms. The molecule has 1 aliphatic rings. The number of aromatic amines is 1. The number of ether oxygens (including phenoxy) is 2. The van der Waals surface area contributed by atoms with E-state index in [2.05, 4.69) is 20.9 Å². The highest BCUT2D eigenvalue weighted by atomic mass is 35.5. The summed E-state index contributed by atoms with van der Waals surface area (Å²) in [6.07, 6.45) is 6.83. The van der Waals surface area contributed by atoms with E-state index in [-0.39, 0.29) is 0 Å². The summed E-state index contributed by atoms with van der Waals surface area (Å²) in [4.78, 5) is 10.2. The smallest absolute Gasteiger partial charge is 0.196 e. The van der Waals surface area contributed by atoms with Crippen molar-refractivity contribution in [3.8, 4) is 11.5 Å². The Labute approximate surface area is 162 Å². The van der Waals surface area contributed by atoms with Crippen molar-refractivity contribution in [3.63, 3.8) is 0 Å². The number of para-hydroxylation sites is 2. The van der Waals surface area contributed by atoms with Gasteiger partial charge in [-0.25, -0.2) is 4.98 Å². The first kappa shape index (κ1) is 17.5. The molecule has 1 aliphatic heterocycles. The molecule has 3 aromatic rings. The highest BCUT2D eigenvalue weighted by Gasteiger charge is 2.16. The molecule has 0 unspecified atom stereocenters. The number of halogens is 1. The zero-order valence-electron chi connectivity index (χ0n) is 15.0. The van der Waals surface area contributed by atoms with Gasteiger partial charge in [-0.05, 0) is 30.3 Å². The van der Waals surface area contributed by atoms with Crippen LogP contribution in [-0.4, -0.2) is 35.1 Å². The van der Waals surface area contributed by atoms with E-state index in [1.807, 2.05) is 48.6 Å². The molecule has 4 rings (SSSR count). The molecule has 2 heterocycles. The van der Waals surface area contributed by atoms with Gasteiger partial charge in [0, 0.05) is 25.6 Å². The summed E-state index contributed by atoms with van der Waals surface area (Å²) in [6.45, 7) is 1.56. The first-order chi connectivity index (χ1) is 13.2. The normalized spacial score (nSPS) is 13.7. The third kappa shape index (κ3) is 3.93. The largest absolute Gasteiger partial charge is 0.497 e. The number of nitrogens with zero attached hydrogens (tertiary/aromatic N) is 2. The van der Waals surface area contributed by atoms with Crippen molar-refractivity contribution in [2.75, 3.05) is 20.2 Å². The summed E-state index contributed by atoms with van der Waals surface area (Å²) >= 11 is 6.31. The van der Waals surface area contributed by atoms with Crippen LogP contribution < -0.4 is 9.47 Å². The fourth-order valence-electron chi connectivity index (χ4n) is 3.00. The summed E-state index contributed by atoms with van der Waals surface area (Å²) < 4.78 is 11.3. The topological polar surface area (TPSA) is 50.4 Å². The van der Waals surface area contributed by atoms with E-state index in [4.69, 9.17) is 21.1 Å². The van der Waals surface area contributed by atoms with Crippen LogP contribution in [-0.2, 0) is 6.42 Å². The molecule has 0 amide bonds. The van der Waals surface area contributed by atoms with Gasteiger partial charge in [-0.3, -0.25) is 0 Å². The molecule has 27 heavy (non-hydrogen) atoms. The van der Waals surface area contributed by atoms with Crippen LogP contribution in [0.2, 0.25) is 5.02 Å². The number of nitrogens with one attached hydrogen (secondary N) is 1. The van der Waals surface area contributed by atoms with Crippen LogP contribution in [0.15, 0.2) is 66.6 Å². The molecule has 0 atom stereocenters. The van der Waals surface area contributed by atoms with Crippen molar-refractivity contribution in [1.82, 2.24) is 14.9 Å². The first-order valence-electron chi connectivity index (χ1n) is 8.80. The van der Waals surface area contributed by atoms with Gasteiger partial charge in [0.15, 0.2) is 5.88 Å². The SMILES string of the molecule is COc1ccc(OC2=CC=CCN2CCc2nc3ccccc3[nH]2)c(Cl)c1. The minimum Gasteiger partial charge on any atom is -0.497 e. The Bertz CT molecular complexity index is 977. The summed E-state index contributed by atoms with van der Waals surface area (Å²) in [6, 6.07) is 13.4. The predicted molar refractivity (Wildman–Crippen MR) is 107 cm³/mol. The zero-order chi connectivity index (χ0) is 18.6. The van der Waals surface area contributed by atoms with Crippen molar-refractivity contribution in [1.29, 1.82) is 0 Å². The van der Waals surface area contributed by atoms with Crippen molar-refractivity contribution < 1.29 is 9.47 Å². The Morgan fingerprint density at radius 1 is 1.22 bits per heavy atom. The van der Waals surface area contributed by atoms with E-state index < -0.39 is 0 Å². The number of fused-ring (bicyclic) bond motifs is 1. The van der Waals surface area contributed by atoms with Gasteiger partial charge in [0.25, 0.3) is 0 Å². The number of methoxy groups -OCH3 is 1. The zero-order valence-corrected chi connectivity index (χ0v) is 15.7. The molecule has 0 saturated carbocycles. The number of rotatable bonds is 6. The van der Waals surface area contributed by atoms with E-state index in [0.29, 0.717) is 16.5 Å². The highest BCUT2D eigenvalue weighted by molar-refractivity contribution is 6.32. The quantitative estimate of drug-likeness (QED) is 0.680. The molecule has 0 fully saturated rings. The maximum Gasteiger partial charge on any atom is 0.196 e. The molecular formula is C21H20ClN3O2. The summed E-state index contributed by atoms with van der Waals surface area (Å²) in [5.74, 6) is 3.03. The Balaban J connectivity index is 1.45. The summed E-state index contributed by atoms with van der Waals surface area (Å²) in [5.41, 5.74) is 2.05. The van der Waals surface area contributed by atoms with Crippen LogP contribution in [0.5, 0.6) is 11.5 Å². The maximum absolute atomic E-state index is 6.31. The second-order valence-electron chi connectivity index (χ2n) is 6.23. The van der Waals surface area contributed by atoms with Crippen LogP contribution in [0.4, 0.5) is 0 Å². The van der Waals surface area contributed by atoms with Gasteiger partial charge in [0.2, 0.25) is 0 Å². The second kappa shape index (κ2) is 7.76. The van der Waals surface area contributed by atoms with Gasteiger partial charge in [-0.1, -0.05) is 35.9 Å². The first-order valence-corrected chi connectivity index (χ1v) is 9.17. The number of H-pyrrole nitrogens is 1. The van der Waals surface area contributed by atoms with Gasteiger partial charge in [0.05, 0.1) is 23.2 Å². The van der Waals surface area contributed by atoms with E-state index in [1.165, 1.54) is 0 Å². The molecule has 0 radical (unpaired) electrons. The van der Waals surface area contributed by atoms with E-state index in [9.17, 15) is 0 Å². The third-order valence-corrected chi connectivity index (χ3v) is 4.72. The molecule has 2 aromatic carbocycles. The Kier molecular flexibility index (Phi) is 5.03. The number of allylic oxidation sites excluding steroid dienone is 2. The molecule has 138 valence electrons. The van der Waals surface area contributed by atoms with Gasteiger partial charge < -0.3 is 19.4 Å². The van der Waals surface area contributed by atoms with Crippen molar-refractivity contribution >= 4 is 22.6 Å². The number of hydrogen-bond donors (Lipinski definition) is 1. The number of imidazole rings is 1. The Morgan fingerprint density at radius 2 is 2.11 bits per heavy atom. The lowest BCUT2D eigenvalue weighted by molar-refractivity contribution is 0.229. The molecule has 5 nitrogen and oxygen atoms in total. The lowest BCUT2D eigenvalue weighted by atomic mass is 10.3.